The van der Waals surface area contributed by atoms with Gasteiger partial charge in [0.25, 0.3) is 0 Å². The summed E-state index contributed by atoms with van der Waals surface area (Å²) in [6.07, 6.45) is 0.525. The van der Waals surface area contributed by atoms with Crippen LogP contribution in [0.2, 0.25) is 0 Å². The number of rotatable bonds is 4. The average molecular weight is 543 g/mol. The number of esters is 1. The van der Waals surface area contributed by atoms with E-state index in [9.17, 15) is 23.6 Å². The molecule has 0 aliphatic carbocycles. The Bertz CT molecular complexity index is 1230. The van der Waals surface area contributed by atoms with Crippen LogP contribution in [-0.2, 0) is 30.5 Å². The zero-order chi connectivity index (χ0) is 28.9. The molecule has 12 heteroatoms. The van der Waals surface area contributed by atoms with Gasteiger partial charge >= 0.3 is 5.97 Å². The number of nitrogens with one attached hydrogen (secondary N) is 2. The van der Waals surface area contributed by atoms with Crippen LogP contribution in [-0.4, -0.2) is 69.3 Å². The fourth-order valence-electron chi connectivity index (χ4n) is 4.47. The second-order valence-corrected chi connectivity index (χ2v) is 10.1. The van der Waals surface area contributed by atoms with Crippen molar-refractivity contribution in [1.29, 1.82) is 0 Å². The molecule has 210 valence electrons. The van der Waals surface area contributed by atoms with Crippen molar-refractivity contribution in [1.82, 2.24) is 30.5 Å². The molecule has 0 bridgehead atoms. The molecule has 1 aliphatic heterocycles. The van der Waals surface area contributed by atoms with Crippen LogP contribution in [0.4, 0.5) is 4.39 Å². The van der Waals surface area contributed by atoms with Gasteiger partial charge in [-0.2, -0.15) is 0 Å². The Morgan fingerprint density at radius 2 is 1.82 bits per heavy atom. The second-order valence-electron chi connectivity index (χ2n) is 10.1. The Kier molecular flexibility index (Phi) is 9.55. The lowest BCUT2D eigenvalue weighted by atomic mass is 9.92. The van der Waals surface area contributed by atoms with Crippen LogP contribution in [0.1, 0.15) is 51.5 Å². The summed E-state index contributed by atoms with van der Waals surface area (Å²) in [4.78, 5) is 52.8. The number of nitrogens with zero attached hydrogens (tertiary/aromatic N) is 4. The van der Waals surface area contributed by atoms with Gasteiger partial charge in [-0.3, -0.25) is 19.2 Å². The van der Waals surface area contributed by atoms with Crippen molar-refractivity contribution in [2.45, 2.75) is 58.8 Å². The van der Waals surface area contributed by atoms with E-state index >= 15 is 0 Å². The quantitative estimate of drug-likeness (QED) is 0.444. The van der Waals surface area contributed by atoms with Crippen molar-refractivity contribution in [3.05, 3.63) is 59.7 Å². The van der Waals surface area contributed by atoms with Gasteiger partial charge in [0.15, 0.2) is 6.10 Å². The molecule has 2 heterocycles. The van der Waals surface area contributed by atoms with Gasteiger partial charge in [-0.05, 0) is 30.5 Å². The van der Waals surface area contributed by atoms with Crippen LogP contribution in [0.15, 0.2) is 42.6 Å². The van der Waals surface area contributed by atoms with Crippen LogP contribution >= 0.6 is 0 Å². The number of cyclic esters (lactones) is 1. The topological polar surface area (TPSA) is 136 Å². The first-order valence-corrected chi connectivity index (χ1v) is 12.7. The number of hydrogen-bond acceptors (Lipinski definition) is 7. The van der Waals surface area contributed by atoms with Gasteiger partial charge < -0.3 is 20.3 Å². The summed E-state index contributed by atoms with van der Waals surface area (Å²) in [7, 11) is 1.48. The molecule has 0 unspecified atom stereocenters. The third kappa shape index (κ3) is 7.49. The molecule has 1 fully saturated rings. The van der Waals surface area contributed by atoms with Crippen molar-refractivity contribution in [3.63, 3.8) is 0 Å². The number of hydrogen-bond donors (Lipinski definition) is 2. The Morgan fingerprint density at radius 3 is 2.46 bits per heavy atom. The van der Waals surface area contributed by atoms with Crippen LogP contribution < -0.4 is 10.6 Å². The van der Waals surface area contributed by atoms with Gasteiger partial charge in [0, 0.05) is 19.4 Å². The summed E-state index contributed by atoms with van der Waals surface area (Å²) in [6, 6.07) is 4.18. The number of ether oxygens (including phenoxy) is 1. The minimum atomic E-state index is -0.954. The van der Waals surface area contributed by atoms with Gasteiger partial charge in [-0.15, -0.1) is 5.10 Å². The molecule has 39 heavy (non-hydrogen) atoms. The molecule has 1 saturated heterocycles. The normalized spacial score (nSPS) is 24.1. The number of benzene rings is 1. The molecular weight excluding hydrogens is 507 g/mol. The predicted octanol–water partition coefficient (Wildman–Crippen LogP) is 1.75. The van der Waals surface area contributed by atoms with Gasteiger partial charge in [0.2, 0.25) is 17.7 Å². The summed E-state index contributed by atoms with van der Waals surface area (Å²) in [5.41, 5.74) is 1.56. The first kappa shape index (κ1) is 29.5. The minimum absolute atomic E-state index is 0.120. The lowest BCUT2D eigenvalue weighted by molar-refractivity contribution is -0.152. The second kappa shape index (κ2) is 12.6. The molecule has 0 saturated carbocycles. The van der Waals surface area contributed by atoms with Gasteiger partial charge in [0.1, 0.15) is 30.1 Å². The molecule has 11 nitrogen and oxygen atoms in total. The number of carbonyl (C=O) groups is 4. The highest BCUT2D eigenvalue weighted by molar-refractivity contribution is 5.93. The monoisotopic (exact) mass is 542 g/mol. The van der Waals surface area contributed by atoms with Gasteiger partial charge in [0.05, 0.1) is 12.7 Å². The highest BCUT2D eigenvalue weighted by atomic mass is 19.1. The van der Waals surface area contributed by atoms with E-state index < -0.39 is 54.3 Å². The highest BCUT2D eigenvalue weighted by Crippen LogP contribution is 2.31. The molecule has 0 radical (unpaired) electrons. The minimum Gasteiger partial charge on any atom is -0.454 e. The number of halogens is 1. The summed E-state index contributed by atoms with van der Waals surface area (Å²) in [5.74, 6) is -3.31. The van der Waals surface area contributed by atoms with Crippen LogP contribution in [0.3, 0.4) is 0 Å². The molecule has 1 aromatic carbocycles. The molecule has 1 aliphatic rings. The standard InChI is InChI=1S/C27H35FN6O5/c1-15(2)24-26(37)29-12-23(36)39-25(17(4)16(3)11-22(35)30-18(5)27(38)33(24)6)21-14-34(32-31-21)13-19-7-9-20(28)10-8-19/h7-10,14-15,17-18,24-25H,3,11-13H2,1-2,4-6H3,(H,29,37)(H,30,35)/t17-,18+,24+,25-/m1/s1. The summed E-state index contributed by atoms with van der Waals surface area (Å²) in [5, 5.41) is 13.5. The molecule has 1 aromatic heterocycles. The highest BCUT2D eigenvalue weighted by Gasteiger charge is 2.34. The predicted molar refractivity (Wildman–Crippen MR) is 139 cm³/mol. The van der Waals surface area contributed by atoms with Crippen LogP contribution in [0.25, 0.3) is 0 Å². The van der Waals surface area contributed by atoms with E-state index in [1.54, 1.807) is 46.0 Å². The fraction of sp³-hybridized carbons (Fsp3) is 0.481. The van der Waals surface area contributed by atoms with Gasteiger partial charge in [-0.1, -0.05) is 50.3 Å². The van der Waals surface area contributed by atoms with Crippen molar-refractivity contribution in [2.75, 3.05) is 13.6 Å². The number of likely N-dealkylation sites (N-methyl/N-ethyl adjacent to an activating group) is 1. The Labute approximate surface area is 226 Å². The van der Waals surface area contributed by atoms with E-state index in [0.717, 1.165) is 5.56 Å². The summed E-state index contributed by atoms with van der Waals surface area (Å²) >= 11 is 0. The maximum Gasteiger partial charge on any atom is 0.326 e. The van der Waals surface area contributed by atoms with E-state index in [4.69, 9.17) is 4.74 Å². The zero-order valence-electron chi connectivity index (χ0n) is 22.8. The van der Waals surface area contributed by atoms with Crippen molar-refractivity contribution in [2.24, 2.45) is 11.8 Å². The molecular formula is C27H35FN6O5. The Hall–Kier alpha value is -4.09. The molecule has 4 atom stereocenters. The lowest BCUT2D eigenvalue weighted by Gasteiger charge is -2.32. The average Bonchev–Trinajstić information content (AvgIpc) is 3.33. The van der Waals surface area contributed by atoms with Gasteiger partial charge in [-0.25, -0.2) is 9.07 Å². The SMILES string of the molecule is C=C1CC(=O)N[C@@H](C)C(=O)N(C)[C@@H](C(C)C)C(=O)NCC(=O)O[C@@H](c2cn(Cc3ccc(F)cc3)nn2)[C@@H]1C. The van der Waals surface area contributed by atoms with Crippen LogP contribution in [0, 0.1) is 17.7 Å². The van der Waals surface area contributed by atoms with E-state index in [0.29, 0.717) is 17.8 Å². The van der Waals surface area contributed by atoms with Crippen molar-refractivity contribution < 1.29 is 28.3 Å². The van der Waals surface area contributed by atoms with E-state index in [1.165, 1.54) is 28.8 Å². The number of carbonyl (C=O) groups excluding carboxylic acids is 4. The number of amides is 3. The maximum atomic E-state index is 13.3. The third-order valence-corrected chi connectivity index (χ3v) is 6.67. The Morgan fingerprint density at radius 1 is 1.15 bits per heavy atom. The largest absolute Gasteiger partial charge is 0.454 e. The van der Waals surface area contributed by atoms with Crippen molar-refractivity contribution in [3.8, 4) is 0 Å². The molecule has 2 aromatic rings. The number of aromatic nitrogens is 3. The van der Waals surface area contributed by atoms with E-state index in [1.807, 2.05) is 0 Å². The lowest BCUT2D eigenvalue weighted by Crippen LogP contribution is -2.55. The van der Waals surface area contributed by atoms with E-state index in [2.05, 4.69) is 27.5 Å². The first-order valence-electron chi connectivity index (χ1n) is 12.7. The Balaban J connectivity index is 1.88. The molecule has 2 N–H and O–H groups in total. The van der Waals surface area contributed by atoms with E-state index in [-0.39, 0.29) is 18.2 Å². The summed E-state index contributed by atoms with van der Waals surface area (Å²) < 4.78 is 20.5. The van der Waals surface area contributed by atoms with Crippen LogP contribution in [0.5, 0.6) is 0 Å². The smallest absolute Gasteiger partial charge is 0.326 e. The third-order valence-electron chi connectivity index (χ3n) is 6.67. The molecule has 3 rings (SSSR count). The molecule has 3 amide bonds. The molecule has 0 spiro atoms. The summed E-state index contributed by atoms with van der Waals surface area (Å²) in [6.45, 7) is 10.7. The zero-order valence-corrected chi connectivity index (χ0v) is 22.8. The fourth-order valence-corrected chi connectivity index (χ4v) is 4.47. The first-order chi connectivity index (χ1) is 18.4. The maximum absolute atomic E-state index is 13.3. The van der Waals surface area contributed by atoms with Crippen molar-refractivity contribution >= 4 is 23.7 Å².